The van der Waals surface area contributed by atoms with Gasteiger partial charge in [0.05, 0.1) is 37.1 Å². The Balaban J connectivity index is 1.81. The summed E-state index contributed by atoms with van der Waals surface area (Å²) in [5, 5.41) is 6.39. The number of carbonyl (C=O) groups excluding carboxylic acids is 1. The molecule has 0 saturated heterocycles. The number of amides is 1. The van der Waals surface area contributed by atoms with Gasteiger partial charge in [0, 0.05) is 0 Å². The van der Waals surface area contributed by atoms with Crippen molar-refractivity contribution in [2.75, 3.05) is 20.3 Å². The summed E-state index contributed by atoms with van der Waals surface area (Å²) in [5.74, 6) is 1.11. The maximum Gasteiger partial charge on any atom is 0.275 e. The molecular weight excluding hydrogens is 404 g/mol. The number of nitrogens with zero attached hydrogens (tertiary/aromatic N) is 1. The van der Waals surface area contributed by atoms with Crippen molar-refractivity contribution in [3.63, 3.8) is 0 Å². The van der Waals surface area contributed by atoms with Gasteiger partial charge in [-0.15, -0.1) is 0 Å². The molecule has 0 heterocycles. The third-order valence-electron chi connectivity index (χ3n) is 4.31. The van der Waals surface area contributed by atoms with E-state index in [1.165, 1.54) is 13.3 Å². The SMILES string of the molecule is CCOc1cc(C=NNC(=O)c2cc3ccccc3cc2OC)cc(Cl)c1OCC. The van der Waals surface area contributed by atoms with Gasteiger partial charge in [0.2, 0.25) is 0 Å². The fourth-order valence-electron chi connectivity index (χ4n) is 3.00. The molecule has 0 spiro atoms. The Morgan fingerprint density at radius 2 is 1.73 bits per heavy atom. The van der Waals surface area contributed by atoms with Crippen LogP contribution in [-0.2, 0) is 0 Å². The molecule has 7 heteroatoms. The zero-order valence-electron chi connectivity index (χ0n) is 17.1. The molecule has 0 fully saturated rings. The van der Waals surface area contributed by atoms with Gasteiger partial charge in [0.1, 0.15) is 5.75 Å². The average molecular weight is 427 g/mol. The number of hydrogen-bond acceptors (Lipinski definition) is 5. The third-order valence-corrected chi connectivity index (χ3v) is 4.59. The Bertz CT molecular complexity index is 1080. The number of halogens is 1. The number of hydrazone groups is 1. The standard InChI is InChI=1S/C23H23ClN2O4/c1-4-29-21-11-15(10-19(24)22(21)30-5-2)14-25-26-23(27)18-12-16-8-6-7-9-17(16)13-20(18)28-3/h6-14H,4-5H2,1-3H3,(H,26,27). The summed E-state index contributed by atoms with van der Waals surface area (Å²) >= 11 is 6.31. The van der Waals surface area contributed by atoms with Crippen LogP contribution in [0.5, 0.6) is 17.2 Å². The van der Waals surface area contributed by atoms with Crippen molar-refractivity contribution in [1.29, 1.82) is 0 Å². The van der Waals surface area contributed by atoms with E-state index < -0.39 is 0 Å². The van der Waals surface area contributed by atoms with Crippen LogP contribution in [0.3, 0.4) is 0 Å². The molecule has 3 aromatic rings. The van der Waals surface area contributed by atoms with E-state index in [-0.39, 0.29) is 5.91 Å². The van der Waals surface area contributed by atoms with Crippen LogP contribution in [0.4, 0.5) is 0 Å². The first-order chi connectivity index (χ1) is 14.6. The lowest BCUT2D eigenvalue weighted by Gasteiger charge is -2.13. The number of ether oxygens (including phenoxy) is 3. The summed E-state index contributed by atoms with van der Waals surface area (Å²) in [6, 6.07) is 14.8. The highest BCUT2D eigenvalue weighted by atomic mass is 35.5. The van der Waals surface area contributed by atoms with E-state index in [0.717, 1.165) is 10.8 Å². The van der Waals surface area contributed by atoms with Gasteiger partial charge in [-0.1, -0.05) is 35.9 Å². The van der Waals surface area contributed by atoms with Gasteiger partial charge in [-0.2, -0.15) is 5.10 Å². The van der Waals surface area contributed by atoms with E-state index in [2.05, 4.69) is 10.5 Å². The second kappa shape index (κ2) is 9.98. The highest BCUT2D eigenvalue weighted by Crippen LogP contribution is 2.36. The molecule has 0 aromatic heterocycles. The first-order valence-electron chi connectivity index (χ1n) is 9.56. The Morgan fingerprint density at radius 1 is 1.03 bits per heavy atom. The number of hydrogen-bond donors (Lipinski definition) is 1. The number of nitrogens with one attached hydrogen (secondary N) is 1. The van der Waals surface area contributed by atoms with E-state index >= 15 is 0 Å². The van der Waals surface area contributed by atoms with Gasteiger partial charge in [-0.3, -0.25) is 4.79 Å². The van der Waals surface area contributed by atoms with Crippen molar-refractivity contribution in [3.8, 4) is 17.2 Å². The molecule has 0 bridgehead atoms. The van der Waals surface area contributed by atoms with Crippen LogP contribution in [0.1, 0.15) is 29.8 Å². The van der Waals surface area contributed by atoms with Crippen LogP contribution in [0.15, 0.2) is 53.6 Å². The predicted molar refractivity (Wildman–Crippen MR) is 119 cm³/mol. The topological polar surface area (TPSA) is 69.2 Å². The smallest absolute Gasteiger partial charge is 0.275 e. The van der Waals surface area contributed by atoms with Crippen molar-refractivity contribution in [2.45, 2.75) is 13.8 Å². The molecule has 0 aliphatic rings. The Labute approximate surface area is 180 Å². The van der Waals surface area contributed by atoms with Crippen LogP contribution in [0, 0.1) is 0 Å². The minimum absolute atomic E-state index is 0.379. The van der Waals surface area contributed by atoms with Gasteiger partial charge < -0.3 is 14.2 Å². The minimum atomic E-state index is -0.379. The second-order valence-electron chi connectivity index (χ2n) is 6.29. The number of carbonyl (C=O) groups is 1. The third kappa shape index (κ3) is 4.83. The largest absolute Gasteiger partial charge is 0.496 e. The zero-order valence-corrected chi connectivity index (χ0v) is 17.8. The number of rotatable bonds is 8. The van der Waals surface area contributed by atoms with E-state index in [9.17, 15) is 4.79 Å². The summed E-state index contributed by atoms with van der Waals surface area (Å²) in [5.41, 5.74) is 3.59. The zero-order chi connectivity index (χ0) is 21.5. The lowest BCUT2D eigenvalue weighted by Crippen LogP contribution is -2.18. The summed E-state index contributed by atoms with van der Waals surface area (Å²) in [7, 11) is 1.53. The van der Waals surface area contributed by atoms with E-state index in [1.807, 2.05) is 44.2 Å². The fraction of sp³-hybridized carbons (Fsp3) is 0.217. The molecule has 30 heavy (non-hydrogen) atoms. The van der Waals surface area contributed by atoms with Crippen molar-refractivity contribution >= 4 is 34.5 Å². The first-order valence-corrected chi connectivity index (χ1v) is 9.94. The molecular formula is C23H23ClN2O4. The highest BCUT2D eigenvalue weighted by molar-refractivity contribution is 6.32. The molecule has 3 rings (SSSR count). The van der Waals surface area contributed by atoms with E-state index in [1.54, 1.807) is 18.2 Å². The Hall–Kier alpha value is -3.25. The lowest BCUT2D eigenvalue weighted by molar-refractivity contribution is 0.0952. The molecule has 3 aromatic carbocycles. The van der Waals surface area contributed by atoms with Crippen molar-refractivity contribution < 1.29 is 19.0 Å². The quantitative estimate of drug-likeness (QED) is 0.403. The Morgan fingerprint density at radius 3 is 2.40 bits per heavy atom. The highest BCUT2D eigenvalue weighted by Gasteiger charge is 2.14. The maximum absolute atomic E-state index is 12.7. The fourth-order valence-corrected chi connectivity index (χ4v) is 3.27. The van der Waals surface area contributed by atoms with Crippen LogP contribution in [-0.4, -0.2) is 32.4 Å². The molecule has 0 atom stereocenters. The molecule has 0 radical (unpaired) electrons. The van der Waals surface area contributed by atoms with Gasteiger partial charge in [0.15, 0.2) is 11.5 Å². The van der Waals surface area contributed by atoms with Gasteiger partial charge in [-0.25, -0.2) is 5.43 Å². The molecule has 1 N–H and O–H groups in total. The van der Waals surface area contributed by atoms with Gasteiger partial charge in [0.25, 0.3) is 5.91 Å². The lowest BCUT2D eigenvalue weighted by atomic mass is 10.1. The molecule has 156 valence electrons. The molecule has 1 amide bonds. The van der Waals surface area contributed by atoms with Crippen molar-refractivity contribution in [1.82, 2.24) is 5.43 Å². The van der Waals surface area contributed by atoms with Gasteiger partial charge >= 0.3 is 0 Å². The van der Waals surface area contributed by atoms with Gasteiger partial charge in [-0.05, 0) is 54.4 Å². The van der Waals surface area contributed by atoms with Crippen molar-refractivity contribution in [2.24, 2.45) is 5.10 Å². The number of methoxy groups -OCH3 is 1. The number of benzene rings is 3. The summed E-state index contributed by atoms with van der Waals surface area (Å²) in [6.45, 7) is 4.69. The molecule has 6 nitrogen and oxygen atoms in total. The van der Waals surface area contributed by atoms with Crippen LogP contribution in [0.25, 0.3) is 10.8 Å². The summed E-state index contributed by atoms with van der Waals surface area (Å²) in [4.78, 5) is 12.7. The molecule has 0 aliphatic heterocycles. The van der Waals surface area contributed by atoms with Crippen LogP contribution in [0.2, 0.25) is 5.02 Å². The van der Waals surface area contributed by atoms with E-state index in [0.29, 0.717) is 46.6 Å². The van der Waals surface area contributed by atoms with Crippen molar-refractivity contribution in [3.05, 3.63) is 64.7 Å². The van der Waals surface area contributed by atoms with Crippen LogP contribution >= 0.6 is 11.6 Å². The van der Waals surface area contributed by atoms with E-state index in [4.69, 9.17) is 25.8 Å². The average Bonchev–Trinajstić information content (AvgIpc) is 2.75. The number of fused-ring (bicyclic) bond motifs is 1. The first kappa shape index (κ1) is 21.5. The minimum Gasteiger partial charge on any atom is -0.496 e. The molecule has 0 aliphatic carbocycles. The molecule has 0 saturated carbocycles. The normalized spacial score (nSPS) is 10.9. The molecule has 0 unspecified atom stereocenters. The monoisotopic (exact) mass is 426 g/mol. The summed E-state index contributed by atoms with van der Waals surface area (Å²) in [6.07, 6.45) is 1.50. The summed E-state index contributed by atoms with van der Waals surface area (Å²) < 4.78 is 16.5. The Kier molecular flexibility index (Phi) is 7.14. The maximum atomic E-state index is 12.7. The van der Waals surface area contributed by atoms with Crippen LogP contribution < -0.4 is 19.6 Å². The predicted octanol–water partition coefficient (Wildman–Crippen LogP) is 5.06. The second-order valence-corrected chi connectivity index (χ2v) is 6.70.